The van der Waals surface area contributed by atoms with Crippen LogP contribution in [0.1, 0.15) is 18.4 Å². The van der Waals surface area contributed by atoms with E-state index < -0.39 is 0 Å². The Labute approximate surface area is 131 Å². The van der Waals surface area contributed by atoms with E-state index in [9.17, 15) is 9.59 Å². The number of carbonyl (C=O) groups is 1. The molecule has 2 rings (SSSR count). The van der Waals surface area contributed by atoms with Crippen LogP contribution in [0.15, 0.2) is 52.0 Å². The highest BCUT2D eigenvalue weighted by atomic mass is 79.9. The molecule has 0 atom stereocenters. The van der Waals surface area contributed by atoms with Crippen molar-refractivity contribution in [1.29, 1.82) is 0 Å². The number of amides is 1. The molecule has 1 heterocycles. The Morgan fingerprint density at radius 2 is 1.95 bits per heavy atom. The van der Waals surface area contributed by atoms with Crippen molar-refractivity contribution in [3.63, 3.8) is 0 Å². The van der Waals surface area contributed by atoms with E-state index in [0.29, 0.717) is 16.6 Å². The van der Waals surface area contributed by atoms with E-state index >= 15 is 0 Å². The van der Waals surface area contributed by atoms with Crippen LogP contribution in [0.3, 0.4) is 0 Å². The highest BCUT2D eigenvalue weighted by molar-refractivity contribution is 9.10. The average Bonchev–Trinajstić information content (AvgIpc) is 2.45. The van der Waals surface area contributed by atoms with Crippen molar-refractivity contribution in [3.05, 3.63) is 63.0 Å². The fourth-order valence-corrected chi connectivity index (χ4v) is 2.60. The maximum atomic E-state index is 11.9. The number of aromatic nitrogens is 1. The molecule has 1 N–H and O–H groups in total. The fraction of sp³-hybridized carbons (Fsp3) is 0.250. The zero-order valence-electron chi connectivity index (χ0n) is 11.8. The van der Waals surface area contributed by atoms with Gasteiger partial charge in [-0.05, 0) is 34.3 Å². The lowest BCUT2D eigenvalue weighted by Crippen LogP contribution is -2.19. The van der Waals surface area contributed by atoms with Gasteiger partial charge in [0.1, 0.15) is 5.69 Å². The summed E-state index contributed by atoms with van der Waals surface area (Å²) in [6.07, 6.45) is 5.27. The van der Waals surface area contributed by atoms with Gasteiger partial charge in [0, 0.05) is 25.9 Å². The smallest absolute Gasteiger partial charge is 0.224 e. The molecule has 0 saturated heterocycles. The largest absolute Gasteiger partial charge is 0.354 e. The summed E-state index contributed by atoms with van der Waals surface area (Å²) in [7, 11) is 1.80. The number of hydrogen-bond donors (Lipinski definition) is 1. The lowest BCUT2D eigenvalue weighted by atomic mass is 10.1. The number of rotatable bonds is 5. The Bertz CT molecular complexity index is 680. The molecule has 0 unspecified atom stereocenters. The molecule has 0 fully saturated rings. The lowest BCUT2D eigenvalue weighted by Gasteiger charge is -2.07. The number of nitrogens with zero attached hydrogens (tertiary/aromatic N) is 1. The molecule has 1 aromatic heterocycles. The summed E-state index contributed by atoms with van der Waals surface area (Å²) in [6, 6.07) is 10.0. The Morgan fingerprint density at radius 3 is 2.67 bits per heavy atom. The van der Waals surface area contributed by atoms with Gasteiger partial charge in [-0.3, -0.25) is 9.59 Å². The second kappa shape index (κ2) is 7.22. The number of halogens is 1. The molecule has 21 heavy (non-hydrogen) atoms. The SMILES string of the molecule is Cn1cc(Br)c(=O)c(NC(=O)CCCc2ccccc2)c1. The first kappa shape index (κ1) is 15.5. The van der Waals surface area contributed by atoms with E-state index in [0.717, 1.165) is 12.8 Å². The summed E-state index contributed by atoms with van der Waals surface area (Å²) in [5.74, 6) is -0.138. The molecule has 0 bridgehead atoms. The highest BCUT2D eigenvalue weighted by Gasteiger charge is 2.08. The van der Waals surface area contributed by atoms with Gasteiger partial charge in [0.25, 0.3) is 0 Å². The molecule has 2 aromatic rings. The third-order valence-corrected chi connectivity index (χ3v) is 3.66. The lowest BCUT2D eigenvalue weighted by molar-refractivity contribution is -0.116. The maximum Gasteiger partial charge on any atom is 0.224 e. The fourth-order valence-electron chi connectivity index (χ4n) is 2.07. The minimum absolute atomic E-state index is 0.138. The van der Waals surface area contributed by atoms with E-state index in [1.165, 1.54) is 5.56 Å². The van der Waals surface area contributed by atoms with E-state index in [1.807, 2.05) is 30.3 Å². The van der Waals surface area contributed by atoms with E-state index in [1.54, 1.807) is 24.0 Å². The van der Waals surface area contributed by atoms with Gasteiger partial charge in [0.2, 0.25) is 11.3 Å². The first-order valence-corrected chi connectivity index (χ1v) is 7.55. The van der Waals surface area contributed by atoms with Gasteiger partial charge < -0.3 is 9.88 Å². The quantitative estimate of drug-likeness (QED) is 0.902. The van der Waals surface area contributed by atoms with Crippen molar-refractivity contribution < 1.29 is 4.79 Å². The third kappa shape index (κ3) is 4.56. The Kier molecular flexibility index (Phi) is 5.33. The zero-order valence-corrected chi connectivity index (χ0v) is 13.4. The van der Waals surface area contributed by atoms with Crippen LogP contribution in [-0.2, 0) is 18.3 Å². The van der Waals surface area contributed by atoms with Gasteiger partial charge in [-0.15, -0.1) is 0 Å². The van der Waals surface area contributed by atoms with Gasteiger partial charge in [-0.1, -0.05) is 30.3 Å². The van der Waals surface area contributed by atoms with Crippen LogP contribution in [-0.4, -0.2) is 10.5 Å². The number of carbonyl (C=O) groups excluding carboxylic acids is 1. The monoisotopic (exact) mass is 348 g/mol. The molecule has 4 nitrogen and oxygen atoms in total. The Hall–Kier alpha value is -1.88. The van der Waals surface area contributed by atoms with Crippen molar-refractivity contribution in [2.75, 3.05) is 5.32 Å². The minimum atomic E-state index is -0.204. The molecule has 0 aliphatic rings. The molecule has 110 valence electrons. The second-order valence-electron chi connectivity index (χ2n) is 4.90. The van der Waals surface area contributed by atoms with Crippen LogP contribution >= 0.6 is 15.9 Å². The Balaban J connectivity index is 1.89. The van der Waals surface area contributed by atoms with Gasteiger partial charge >= 0.3 is 0 Å². The summed E-state index contributed by atoms with van der Waals surface area (Å²) in [5, 5.41) is 2.68. The summed E-state index contributed by atoms with van der Waals surface area (Å²) in [6.45, 7) is 0. The number of anilines is 1. The van der Waals surface area contributed by atoms with Crippen LogP contribution in [0.2, 0.25) is 0 Å². The number of benzene rings is 1. The summed E-state index contributed by atoms with van der Waals surface area (Å²) < 4.78 is 2.16. The van der Waals surface area contributed by atoms with Crippen LogP contribution in [0.5, 0.6) is 0 Å². The van der Waals surface area contributed by atoms with Gasteiger partial charge in [-0.2, -0.15) is 0 Å². The average molecular weight is 349 g/mol. The van der Waals surface area contributed by atoms with Crippen molar-refractivity contribution in [2.24, 2.45) is 7.05 Å². The van der Waals surface area contributed by atoms with Crippen molar-refractivity contribution in [2.45, 2.75) is 19.3 Å². The summed E-state index contributed by atoms with van der Waals surface area (Å²) in [5.41, 5.74) is 1.31. The topological polar surface area (TPSA) is 51.1 Å². The zero-order chi connectivity index (χ0) is 15.2. The van der Waals surface area contributed by atoms with Crippen LogP contribution in [0.4, 0.5) is 5.69 Å². The standard InChI is InChI=1S/C16H17BrN2O2/c1-19-10-13(17)16(21)14(11-19)18-15(20)9-5-8-12-6-3-2-4-7-12/h2-4,6-7,10-11H,5,8-9H2,1H3,(H,18,20). The molecule has 0 spiro atoms. The van der Waals surface area contributed by atoms with Gasteiger partial charge in [0.15, 0.2) is 0 Å². The predicted molar refractivity (Wildman–Crippen MR) is 87.4 cm³/mol. The van der Waals surface area contributed by atoms with Crippen molar-refractivity contribution >= 4 is 27.5 Å². The first-order chi connectivity index (χ1) is 10.1. The molecule has 0 radical (unpaired) electrons. The number of hydrogen-bond acceptors (Lipinski definition) is 2. The number of aryl methyl sites for hydroxylation is 2. The van der Waals surface area contributed by atoms with Crippen molar-refractivity contribution in [1.82, 2.24) is 4.57 Å². The first-order valence-electron chi connectivity index (χ1n) is 6.76. The number of nitrogens with one attached hydrogen (secondary N) is 1. The van der Waals surface area contributed by atoms with Crippen molar-refractivity contribution in [3.8, 4) is 0 Å². The van der Waals surface area contributed by atoms with Crippen LogP contribution in [0.25, 0.3) is 0 Å². The Morgan fingerprint density at radius 1 is 1.24 bits per heavy atom. The second-order valence-corrected chi connectivity index (χ2v) is 5.76. The minimum Gasteiger partial charge on any atom is -0.354 e. The summed E-state index contributed by atoms with van der Waals surface area (Å²) >= 11 is 3.19. The molecule has 1 aromatic carbocycles. The molecule has 0 aliphatic carbocycles. The maximum absolute atomic E-state index is 11.9. The molecule has 5 heteroatoms. The normalized spacial score (nSPS) is 10.4. The molecule has 0 aliphatic heterocycles. The van der Waals surface area contributed by atoms with Gasteiger partial charge in [0.05, 0.1) is 4.47 Å². The number of pyridine rings is 1. The highest BCUT2D eigenvalue weighted by Crippen LogP contribution is 2.09. The van der Waals surface area contributed by atoms with Crippen LogP contribution in [0, 0.1) is 0 Å². The summed E-state index contributed by atoms with van der Waals surface area (Å²) in [4.78, 5) is 23.8. The predicted octanol–water partition coefficient (Wildman–Crippen LogP) is 3.11. The molecule has 0 saturated carbocycles. The third-order valence-electron chi connectivity index (χ3n) is 3.10. The molecular weight excluding hydrogens is 332 g/mol. The van der Waals surface area contributed by atoms with E-state index in [-0.39, 0.29) is 11.3 Å². The molecular formula is C16H17BrN2O2. The van der Waals surface area contributed by atoms with Crippen LogP contribution < -0.4 is 10.7 Å². The van der Waals surface area contributed by atoms with Gasteiger partial charge in [-0.25, -0.2) is 0 Å². The van der Waals surface area contributed by atoms with E-state index in [2.05, 4.69) is 21.2 Å². The molecule has 1 amide bonds. The van der Waals surface area contributed by atoms with E-state index in [4.69, 9.17) is 0 Å².